The molecule has 2 aromatic carbocycles. The molecule has 0 saturated carbocycles. The number of nitriles is 1. The Morgan fingerprint density at radius 2 is 1.96 bits per heavy atom. The van der Waals surface area contributed by atoms with Gasteiger partial charge >= 0.3 is 0 Å². The van der Waals surface area contributed by atoms with Crippen LogP contribution in [0.15, 0.2) is 53.7 Å². The Hall–Kier alpha value is -2.78. The van der Waals surface area contributed by atoms with Crippen molar-refractivity contribution in [1.82, 2.24) is 14.8 Å². The number of thioether (sulfide) groups is 1. The van der Waals surface area contributed by atoms with Crippen LogP contribution in [0.1, 0.15) is 17.0 Å². The summed E-state index contributed by atoms with van der Waals surface area (Å²) in [5.41, 5.74) is 2.86. The van der Waals surface area contributed by atoms with Crippen molar-refractivity contribution in [2.75, 3.05) is 12.4 Å². The van der Waals surface area contributed by atoms with E-state index in [1.807, 2.05) is 29.7 Å². The molecule has 6 heteroatoms. The Balaban J connectivity index is 1.63. The van der Waals surface area contributed by atoms with Crippen LogP contribution >= 0.6 is 11.8 Å². The number of aryl methyl sites for hydroxylation is 2. The predicted octanol–water partition coefficient (Wildman–Crippen LogP) is 3.93. The molecular weight excluding hydrogens is 332 g/mol. The highest BCUT2D eigenvalue weighted by Crippen LogP contribution is 2.22. The summed E-state index contributed by atoms with van der Waals surface area (Å²) >= 11 is 1.60. The van der Waals surface area contributed by atoms with E-state index in [-0.39, 0.29) is 0 Å². The Bertz CT molecular complexity index is 914. The van der Waals surface area contributed by atoms with E-state index in [1.165, 1.54) is 5.56 Å². The van der Waals surface area contributed by atoms with Crippen LogP contribution in [0.3, 0.4) is 0 Å². The van der Waals surface area contributed by atoms with Crippen LogP contribution in [0.25, 0.3) is 5.69 Å². The summed E-state index contributed by atoms with van der Waals surface area (Å²) in [4.78, 5) is 0. The molecule has 0 spiro atoms. The molecule has 1 heterocycles. The first-order chi connectivity index (χ1) is 12.2. The van der Waals surface area contributed by atoms with E-state index in [2.05, 4.69) is 41.4 Å². The van der Waals surface area contributed by atoms with Crippen LogP contribution in [-0.4, -0.2) is 27.1 Å². The van der Waals surface area contributed by atoms with Gasteiger partial charge in [-0.3, -0.25) is 4.57 Å². The molecular formula is C19H18N4OS. The third-order valence-corrected chi connectivity index (χ3v) is 4.49. The first kappa shape index (κ1) is 17.1. The molecule has 5 nitrogen and oxygen atoms in total. The molecule has 0 radical (unpaired) electrons. The lowest BCUT2D eigenvalue weighted by molar-refractivity contribution is 0.344. The minimum absolute atomic E-state index is 0.527. The van der Waals surface area contributed by atoms with E-state index in [9.17, 15) is 0 Å². The fourth-order valence-electron chi connectivity index (χ4n) is 2.45. The van der Waals surface area contributed by atoms with E-state index >= 15 is 0 Å². The quantitative estimate of drug-likeness (QED) is 0.498. The molecule has 0 saturated heterocycles. The zero-order chi connectivity index (χ0) is 17.6. The molecule has 0 unspecified atom stereocenters. The molecule has 1 aromatic heterocycles. The van der Waals surface area contributed by atoms with Gasteiger partial charge < -0.3 is 4.74 Å². The number of benzene rings is 2. The lowest BCUT2D eigenvalue weighted by atomic mass is 10.2. The van der Waals surface area contributed by atoms with Crippen molar-refractivity contribution in [2.24, 2.45) is 0 Å². The van der Waals surface area contributed by atoms with Gasteiger partial charge in [0.25, 0.3) is 0 Å². The van der Waals surface area contributed by atoms with Crippen molar-refractivity contribution in [3.8, 4) is 17.5 Å². The van der Waals surface area contributed by atoms with Gasteiger partial charge in [-0.15, -0.1) is 10.2 Å². The fourth-order valence-corrected chi connectivity index (χ4v) is 3.26. The largest absolute Gasteiger partial charge is 0.493 e. The average Bonchev–Trinajstić information content (AvgIpc) is 2.99. The number of hydrogen-bond donors (Lipinski definition) is 0. The zero-order valence-corrected chi connectivity index (χ0v) is 15.0. The van der Waals surface area contributed by atoms with Crippen LogP contribution in [-0.2, 0) is 0 Å². The fraction of sp³-hybridized carbons (Fsp3) is 0.211. The number of ether oxygens (including phenoxy) is 1. The first-order valence-corrected chi connectivity index (χ1v) is 8.91. The van der Waals surface area contributed by atoms with E-state index in [4.69, 9.17) is 10.00 Å². The van der Waals surface area contributed by atoms with Gasteiger partial charge in [0.1, 0.15) is 11.6 Å². The van der Waals surface area contributed by atoms with Gasteiger partial charge in [0.2, 0.25) is 0 Å². The van der Waals surface area contributed by atoms with Crippen molar-refractivity contribution in [3.63, 3.8) is 0 Å². The molecule has 0 aliphatic carbocycles. The van der Waals surface area contributed by atoms with E-state index in [0.717, 1.165) is 22.4 Å². The van der Waals surface area contributed by atoms with Crippen LogP contribution in [0.5, 0.6) is 5.75 Å². The highest BCUT2D eigenvalue weighted by Gasteiger charge is 2.11. The molecule has 0 atom stereocenters. The van der Waals surface area contributed by atoms with Crippen molar-refractivity contribution in [1.29, 1.82) is 5.26 Å². The number of aromatic nitrogens is 3. The van der Waals surface area contributed by atoms with Gasteiger partial charge in [0.15, 0.2) is 5.16 Å². The maximum absolute atomic E-state index is 8.92. The molecule has 0 amide bonds. The molecule has 0 N–H and O–H groups in total. The molecule has 25 heavy (non-hydrogen) atoms. The van der Waals surface area contributed by atoms with Gasteiger partial charge in [-0.05, 0) is 49.7 Å². The lowest BCUT2D eigenvalue weighted by Gasteiger charge is -2.09. The van der Waals surface area contributed by atoms with Crippen LogP contribution in [0.4, 0.5) is 0 Å². The van der Waals surface area contributed by atoms with Crippen molar-refractivity contribution in [2.45, 2.75) is 19.0 Å². The first-order valence-electron chi connectivity index (χ1n) is 7.92. The highest BCUT2D eigenvalue weighted by atomic mass is 32.2. The maximum Gasteiger partial charge on any atom is 0.195 e. The summed E-state index contributed by atoms with van der Waals surface area (Å²) in [6.45, 7) is 4.54. The Morgan fingerprint density at radius 1 is 1.12 bits per heavy atom. The van der Waals surface area contributed by atoms with Crippen molar-refractivity contribution < 1.29 is 4.74 Å². The predicted molar refractivity (Wildman–Crippen MR) is 98.2 cm³/mol. The lowest BCUT2D eigenvalue weighted by Crippen LogP contribution is -2.03. The molecule has 0 aliphatic heterocycles. The highest BCUT2D eigenvalue weighted by molar-refractivity contribution is 7.99. The molecule has 0 bridgehead atoms. The topological polar surface area (TPSA) is 63.7 Å². The smallest absolute Gasteiger partial charge is 0.195 e. The van der Waals surface area contributed by atoms with Gasteiger partial charge in [0.05, 0.1) is 18.2 Å². The molecule has 126 valence electrons. The zero-order valence-electron chi connectivity index (χ0n) is 14.1. The molecule has 0 fully saturated rings. The second kappa shape index (κ2) is 7.86. The summed E-state index contributed by atoms with van der Waals surface area (Å²) < 4.78 is 7.76. The number of rotatable bonds is 6. The van der Waals surface area contributed by atoms with Crippen LogP contribution in [0.2, 0.25) is 0 Å². The summed E-state index contributed by atoms with van der Waals surface area (Å²) in [5.74, 6) is 2.30. The minimum atomic E-state index is 0.527. The molecule has 3 rings (SSSR count). The monoisotopic (exact) mass is 350 g/mol. The van der Waals surface area contributed by atoms with Crippen LogP contribution in [0, 0.1) is 25.2 Å². The summed E-state index contributed by atoms with van der Waals surface area (Å²) in [7, 11) is 0. The summed E-state index contributed by atoms with van der Waals surface area (Å²) in [6, 6.07) is 17.5. The Labute approximate surface area is 151 Å². The summed E-state index contributed by atoms with van der Waals surface area (Å²) in [5, 5.41) is 18.2. The van der Waals surface area contributed by atoms with E-state index in [0.29, 0.717) is 17.9 Å². The molecule has 0 aliphatic rings. The SMILES string of the molecule is Cc1cccc(-n2c(C)nnc2SCCOc2cccc(C#N)c2)c1. The normalized spacial score (nSPS) is 10.4. The minimum Gasteiger partial charge on any atom is -0.493 e. The number of nitrogens with zero attached hydrogens (tertiary/aromatic N) is 4. The Morgan fingerprint density at radius 3 is 2.76 bits per heavy atom. The summed E-state index contributed by atoms with van der Waals surface area (Å²) in [6.07, 6.45) is 0. The second-order valence-corrected chi connectivity index (χ2v) is 6.60. The van der Waals surface area contributed by atoms with Gasteiger partial charge in [-0.25, -0.2) is 0 Å². The average molecular weight is 350 g/mol. The standard InChI is InChI=1S/C19H18N4OS/c1-14-5-3-7-17(11-14)23-15(2)21-22-19(23)25-10-9-24-18-8-4-6-16(12-18)13-20/h3-8,11-12H,9-10H2,1-2H3. The number of hydrogen-bond acceptors (Lipinski definition) is 5. The van der Waals surface area contributed by atoms with Gasteiger partial charge in [-0.1, -0.05) is 30.0 Å². The molecule has 3 aromatic rings. The van der Waals surface area contributed by atoms with Crippen molar-refractivity contribution >= 4 is 11.8 Å². The van der Waals surface area contributed by atoms with E-state index < -0.39 is 0 Å². The van der Waals surface area contributed by atoms with E-state index in [1.54, 1.807) is 23.9 Å². The van der Waals surface area contributed by atoms with Crippen LogP contribution < -0.4 is 4.74 Å². The van der Waals surface area contributed by atoms with Gasteiger partial charge in [-0.2, -0.15) is 5.26 Å². The second-order valence-electron chi connectivity index (χ2n) is 5.54. The maximum atomic E-state index is 8.92. The third-order valence-electron chi connectivity index (χ3n) is 3.60. The van der Waals surface area contributed by atoms with Crippen molar-refractivity contribution in [3.05, 3.63) is 65.5 Å². The third kappa shape index (κ3) is 4.20. The Kier molecular flexibility index (Phi) is 5.36. The van der Waals surface area contributed by atoms with Gasteiger partial charge in [0, 0.05) is 11.4 Å².